The molecular weight excluding hydrogens is 357 g/mol. The van der Waals surface area contributed by atoms with E-state index in [9.17, 15) is 8.78 Å². The molecular formula is C13H11Cl3F2N4. The minimum Gasteiger partial charge on any atom is -0.368 e. The zero-order chi connectivity index (χ0) is 16.3. The van der Waals surface area contributed by atoms with Crippen molar-refractivity contribution in [3.05, 3.63) is 44.5 Å². The first kappa shape index (κ1) is 17.1. The van der Waals surface area contributed by atoms with Gasteiger partial charge in [-0.05, 0) is 13.0 Å². The Morgan fingerprint density at radius 2 is 1.95 bits per heavy atom. The van der Waals surface area contributed by atoms with E-state index in [4.69, 9.17) is 34.8 Å². The summed E-state index contributed by atoms with van der Waals surface area (Å²) >= 11 is 17.7. The van der Waals surface area contributed by atoms with Crippen LogP contribution in [-0.4, -0.2) is 21.5 Å². The molecule has 2 aromatic rings. The van der Waals surface area contributed by atoms with E-state index in [0.29, 0.717) is 28.7 Å². The van der Waals surface area contributed by atoms with Gasteiger partial charge in [0.25, 0.3) is 6.43 Å². The number of alkyl halides is 2. The van der Waals surface area contributed by atoms with E-state index in [0.717, 1.165) is 0 Å². The third-order valence-corrected chi connectivity index (χ3v) is 3.64. The van der Waals surface area contributed by atoms with Crippen molar-refractivity contribution in [1.82, 2.24) is 15.0 Å². The zero-order valence-electron chi connectivity index (χ0n) is 11.4. The van der Waals surface area contributed by atoms with Crippen LogP contribution in [0.1, 0.15) is 23.6 Å². The molecule has 0 aromatic carbocycles. The standard InChI is InChI=1S/C13H11Cl3F2N4/c1-6-21-11(12(17)18)10(16)13(22-6)19-3-2-9-8(15)4-7(14)5-20-9/h4-5,12H,2-3H2,1H3,(H,19,21,22). The topological polar surface area (TPSA) is 50.7 Å². The Balaban J connectivity index is 2.08. The molecule has 0 aliphatic heterocycles. The summed E-state index contributed by atoms with van der Waals surface area (Å²) in [5.41, 5.74) is 0.147. The highest BCUT2D eigenvalue weighted by Crippen LogP contribution is 2.30. The predicted molar refractivity (Wildman–Crippen MR) is 83.2 cm³/mol. The monoisotopic (exact) mass is 366 g/mol. The van der Waals surface area contributed by atoms with Crippen LogP contribution in [0.15, 0.2) is 12.3 Å². The second-order valence-electron chi connectivity index (χ2n) is 4.38. The number of anilines is 1. The van der Waals surface area contributed by atoms with Gasteiger partial charge in [-0.1, -0.05) is 34.8 Å². The van der Waals surface area contributed by atoms with Crippen molar-refractivity contribution in [2.75, 3.05) is 11.9 Å². The molecule has 0 unspecified atom stereocenters. The highest BCUT2D eigenvalue weighted by molar-refractivity contribution is 6.34. The number of rotatable bonds is 5. The lowest BCUT2D eigenvalue weighted by molar-refractivity contribution is 0.146. The summed E-state index contributed by atoms with van der Waals surface area (Å²) in [6.07, 6.45) is -0.819. The zero-order valence-corrected chi connectivity index (χ0v) is 13.6. The van der Waals surface area contributed by atoms with Crippen LogP contribution >= 0.6 is 34.8 Å². The molecule has 2 heterocycles. The fourth-order valence-corrected chi connectivity index (χ4v) is 2.48. The van der Waals surface area contributed by atoms with Gasteiger partial charge in [0.1, 0.15) is 22.4 Å². The lowest BCUT2D eigenvalue weighted by Crippen LogP contribution is -2.11. The van der Waals surface area contributed by atoms with Crippen molar-refractivity contribution in [3.63, 3.8) is 0 Å². The molecule has 1 N–H and O–H groups in total. The highest BCUT2D eigenvalue weighted by atomic mass is 35.5. The molecule has 9 heteroatoms. The van der Waals surface area contributed by atoms with Gasteiger partial charge in [-0.25, -0.2) is 18.7 Å². The summed E-state index contributed by atoms with van der Waals surface area (Å²) in [7, 11) is 0. The van der Waals surface area contributed by atoms with E-state index in [-0.39, 0.29) is 16.7 Å². The lowest BCUT2D eigenvalue weighted by atomic mass is 10.2. The molecule has 2 aromatic heterocycles. The second-order valence-corrected chi connectivity index (χ2v) is 5.60. The maximum Gasteiger partial charge on any atom is 0.282 e. The molecule has 4 nitrogen and oxygen atoms in total. The number of nitrogens with one attached hydrogen (secondary N) is 1. The van der Waals surface area contributed by atoms with Gasteiger partial charge in [0.15, 0.2) is 0 Å². The van der Waals surface area contributed by atoms with E-state index in [1.165, 1.54) is 13.1 Å². The summed E-state index contributed by atoms with van der Waals surface area (Å²) in [5, 5.41) is 3.59. The summed E-state index contributed by atoms with van der Waals surface area (Å²) in [4.78, 5) is 11.8. The van der Waals surface area contributed by atoms with Gasteiger partial charge in [-0.2, -0.15) is 0 Å². The Kier molecular flexibility index (Phi) is 5.72. The quantitative estimate of drug-likeness (QED) is 0.830. The summed E-state index contributed by atoms with van der Waals surface area (Å²) in [6, 6.07) is 1.59. The first-order valence-corrected chi connectivity index (χ1v) is 7.38. The first-order valence-electron chi connectivity index (χ1n) is 6.24. The van der Waals surface area contributed by atoms with E-state index in [1.54, 1.807) is 6.07 Å². The number of hydrogen-bond acceptors (Lipinski definition) is 4. The number of pyridine rings is 1. The average molecular weight is 368 g/mol. The molecule has 2 rings (SSSR count). The van der Waals surface area contributed by atoms with Crippen LogP contribution in [0.25, 0.3) is 0 Å². The second kappa shape index (κ2) is 7.35. The van der Waals surface area contributed by atoms with Crippen molar-refractivity contribution in [3.8, 4) is 0 Å². The summed E-state index contributed by atoms with van der Waals surface area (Å²) < 4.78 is 25.6. The number of aryl methyl sites for hydroxylation is 1. The Morgan fingerprint density at radius 1 is 1.23 bits per heavy atom. The van der Waals surface area contributed by atoms with Gasteiger partial charge in [0, 0.05) is 19.2 Å². The third kappa shape index (κ3) is 4.15. The largest absolute Gasteiger partial charge is 0.368 e. The maximum atomic E-state index is 12.8. The molecule has 0 amide bonds. The normalized spacial score (nSPS) is 11.0. The van der Waals surface area contributed by atoms with Crippen LogP contribution in [0.2, 0.25) is 15.1 Å². The van der Waals surface area contributed by atoms with Crippen molar-refractivity contribution < 1.29 is 8.78 Å². The van der Waals surface area contributed by atoms with Gasteiger partial charge >= 0.3 is 0 Å². The van der Waals surface area contributed by atoms with Gasteiger partial charge in [-0.3, -0.25) is 4.98 Å². The van der Waals surface area contributed by atoms with Crippen LogP contribution in [-0.2, 0) is 6.42 Å². The molecule has 0 spiro atoms. The molecule has 22 heavy (non-hydrogen) atoms. The molecule has 0 fully saturated rings. The van der Waals surface area contributed by atoms with Crippen molar-refractivity contribution in [1.29, 1.82) is 0 Å². The van der Waals surface area contributed by atoms with Crippen LogP contribution in [0.3, 0.4) is 0 Å². The highest BCUT2D eigenvalue weighted by Gasteiger charge is 2.18. The molecule has 0 aliphatic carbocycles. The fourth-order valence-electron chi connectivity index (χ4n) is 1.77. The number of nitrogens with zero attached hydrogens (tertiary/aromatic N) is 3. The van der Waals surface area contributed by atoms with Crippen LogP contribution < -0.4 is 5.32 Å². The molecule has 0 radical (unpaired) electrons. The Bertz CT molecular complexity index is 683. The molecule has 0 saturated heterocycles. The van der Waals surface area contributed by atoms with Gasteiger partial charge in [0.05, 0.1) is 15.7 Å². The molecule has 0 atom stereocenters. The Hall–Kier alpha value is -1.24. The van der Waals surface area contributed by atoms with Crippen molar-refractivity contribution in [2.24, 2.45) is 0 Å². The Morgan fingerprint density at radius 3 is 2.59 bits per heavy atom. The molecule has 0 bridgehead atoms. The number of aromatic nitrogens is 3. The van der Waals surface area contributed by atoms with Crippen LogP contribution in [0, 0.1) is 6.92 Å². The van der Waals surface area contributed by atoms with Crippen molar-refractivity contribution >= 4 is 40.6 Å². The maximum absolute atomic E-state index is 12.8. The average Bonchev–Trinajstić information content (AvgIpc) is 2.44. The van der Waals surface area contributed by atoms with Crippen molar-refractivity contribution in [2.45, 2.75) is 19.8 Å². The molecule has 0 saturated carbocycles. The molecule has 118 valence electrons. The molecule has 0 aliphatic rings. The summed E-state index contributed by atoms with van der Waals surface area (Å²) in [6.45, 7) is 1.89. The Labute approximate surface area is 140 Å². The smallest absolute Gasteiger partial charge is 0.282 e. The predicted octanol–water partition coefficient (Wildman–Crippen LogP) is 4.73. The van der Waals surface area contributed by atoms with Gasteiger partial charge < -0.3 is 5.32 Å². The van der Waals surface area contributed by atoms with Crippen LogP contribution in [0.5, 0.6) is 0 Å². The fraction of sp³-hybridized carbons (Fsp3) is 0.308. The number of hydrogen-bond donors (Lipinski definition) is 1. The lowest BCUT2D eigenvalue weighted by Gasteiger charge is -2.11. The van der Waals surface area contributed by atoms with E-state index in [1.807, 2.05) is 0 Å². The van der Waals surface area contributed by atoms with Gasteiger partial charge in [-0.15, -0.1) is 0 Å². The summed E-state index contributed by atoms with van der Waals surface area (Å²) in [5.74, 6) is 0.374. The number of halogens is 5. The van der Waals surface area contributed by atoms with E-state index >= 15 is 0 Å². The van der Waals surface area contributed by atoms with E-state index < -0.39 is 12.1 Å². The SMILES string of the molecule is Cc1nc(NCCc2ncc(Cl)cc2Cl)c(Cl)c(C(F)F)n1. The van der Waals surface area contributed by atoms with Gasteiger partial charge in [0.2, 0.25) is 0 Å². The minimum absolute atomic E-state index is 0.162. The van der Waals surface area contributed by atoms with Crippen LogP contribution in [0.4, 0.5) is 14.6 Å². The first-order chi connectivity index (χ1) is 10.4. The van der Waals surface area contributed by atoms with E-state index in [2.05, 4.69) is 20.3 Å². The third-order valence-electron chi connectivity index (χ3n) is 2.73. The minimum atomic E-state index is -2.76.